The van der Waals surface area contributed by atoms with Crippen LogP contribution in [0, 0.1) is 5.92 Å². The number of hydrogen-bond acceptors (Lipinski definition) is 2. The highest BCUT2D eigenvalue weighted by molar-refractivity contribution is 5.39. The first-order valence-electron chi connectivity index (χ1n) is 5.76. The number of aryl methyl sites for hydroxylation is 1. The van der Waals surface area contributed by atoms with Gasteiger partial charge in [-0.2, -0.15) is 0 Å². The van der Waals surface area contributed by atoms with Crippen molar-refractivity contribution >= 4 is 0 Å². The van der Waals surface area contributed by atoms with Crippen molar-refractivity contribution in [2.75, 3.05) is 6.61 Å². The van der Waals surface area contributed by atoms with Crippen LogP contribution in [0.4, 0.5) is 0 Å². The highest BCUT2D eigenvalue weighted by atomic mass is 16.5. The summed E-state index contributed by atoms with van der Waals surface area (Å²) in [6, 6.07) is 6.08. The maximum Gasteiger partial charge on any atom is 0.119 e. The van der Waals surface area contributed by atoms with Crippen LogP contribution >= 0.6 is 0 Å². The largest absolute Gasteiger partial charge is 0.493 e. The van der Waals surface area contributed by atoms with Crippen molar-refractivity contribution in [1.82, 2.24) is 0 Å². The Morgan fingerprint density at radius 3 is 2.93 bits per heavy atom. The van der Waals surface area contributed by atoms with Gasteiger partial charge in [-0.25, -0.2) is 0 Å². The monoisotopic (exact) mass is 204 g/mol. The molecule has 1 aromatic carbocycles. The molecule has 0 bridgehead atoms. The molecule has 1 saturated carbocycles. The third kappa shape index (κ3) is 1.86. The van der Waals surface area contributed by atoms with Crippen molar-refractivity contribution in [3.63, 3.8) is 0 Å². The van der Waals surface area contributed by atoms with E-state index in [1.165, 1.54) is 18.4 Å². The molecule has 3 rings (SSSR count). The van der Waals surface area contributed by atoms with Gasteiger partial charge in [-0.15, -0.1) is 0 Å². The van der Waals surface area contributed by atoms with Gasteiger partial charge in [-0.1, -0.05) is 6.07 Å². The van der Waals surface area contributed by atoms with Gasteiger partial charge in [0.15, 0.2) is 0 Å². The molecular formula is C13H16O2. The summed E-state index contributed by atoms with van der Waals surface area (Å²) in [5, 5.41) is 9.66. The Labute approximate surface area is 89.9 Å². The van der Waals surface area contributed by atoms with Crippen LogP contribution in [0.1, 0.15) is 36.5 Å². The summed E-state index contributed by atoms with van der Waals surface area (Å²) in [7, 11) is 0. The Balaban J connectivity index is 1.73. The van der Waals surface area contributed by atoms with E-state index in [1.807, 2.05) is 12.1 Å². The molecule has 0 amide bonds. The lowest BCUT2D eigenvalue weighted by Crippen LogP contribution is -1.99. The smallest absolute Gasteiger partial charge is 0.119 e. The zero-order chi connectivity index (χ0) is 10.3. The van der Waals surface area contributed by atoms with Crippen molar-refractivity contribution in [3.8, 4) is 5.75 Å². The van der Waals surface area contributed by atoms with Gasteiger partial charge in [-0.05, 0) is 54.9 Å². The Hall–Kier alpha value is -1.02. The SMILES string of the molecule is O[C@H]1CCc2cc(OCC3CC3)ccc21. The highest BCUT2D eigenvalue weighted by Crippen LogP contribution is 2.34. The van der Waals surface area contributed by atoms with E-state index in [-0.39, 0.29) is 6.10 Å². The highest BCUT2D eigenvalue weighted by Gasteiger charge is 2.23. The molecule has 0 spiro atoms. The van der Waals surface area contributed by atoms with Crippen LogP contribution in [0.3, 0.4) is 0 Å². The van der Waals surface area contributed by atoms with Gasteiger partial charge < -0.3 is 9.84 Å². The first-order valence-corrected chi connectivity index (χ1v) is 5.76. The molecule has 2 nitrogen and oxygen atoms in total. The fourth-order valence-electron chi connectivity index (χ4n) is 2.16. The first kappa shape index (κ1) is 9.22. The summed E-state index contributed by atoms with van der Waals surface area (Å²) in [6.45, 7) is 0.862. The molecule has 0 aromatic heterocycles. The molecule has 80 valence electrons. The van der Waals surface area contributed by atoms with E-state index >= 15 is 0 Å². The Kier molecular flexibility index (Phi) is 2.17. The predicted octanol–water partition coefficient (Wildman–Crippen LogP) is 2.46. The summed E-state index contributed by atoms with van der Waals surface area (Å²) in [6.07, 6.45) is 4.24. The molecule has 0 unspecified atom stereocenters. The molecule has 0 radical (unpaired) electrons. The Bertz CT molecular complexity index is 369. The van der Waals surface area contributed by atoms with E-state index in [0.29, 0.717) is 0 Å². The molecule has 0 heterocycles. The number of benzene rings is 1. The van der Waals surface area contributed by atoms with Gasteiger partial charge in [0, 0.05) is 0 Å². The number of ether oxygens (including phenoxy) is 1. The van der Waals surface area contributed by atoms with Crippen LogP contribution in [0.15, 0.2) is 18.2 Å². The number of fused-ring (bicyclic) bond motifs is 1. The van der Waals surface area contributed by atoms with Crippen LogP contribution in [0.5, 0.6) is 5.75 Å². The fraction of sp³-hybridized carbons (Fsp3) is 0.538. The molecule has 0 aliphatic heterocycles. The van der Waals surface area contributed by atoms with Crippen molar-refractivity contribution in [1.29, 1.82) is 0 Å². The van der Waals surface area contributed by atoms with Crippen LogP contribution in [0.25, 0.3) is 0 Å². The van der Waals surface area contributed by atoms with Crippen molar-refractivity contribution in [2.45, 2.75) is 31.8 Å². The van der Waals surface area contributed by atoms with Crippen LogP contribution in [-0.4, -0.2) is 11.7 Å². The number of hydrogen-bond donors (Lipinski definition) is 1. The second-order valence-electron chi connectivity index (χ2n) is 4.67. The summed E-state index contributed by atoms with van der Waals surface area (Å²) in [5.74, 6) is 1.76. The molecule has 2 aliphatic rings. The lowest BCUT2D eigenvalue weighted by atomic mass is 10.1. The van der Waals surface area contributed by atoms with Gasteiger partial charge in [-0.3, -0.25) is 0 Å². The fourth-order valence-corrected chi connectivity index (χ4v) is 2.16. The predicted molar refractivity (Wildman–Crippen MR) is 57.9 cm³/mol. The Morgan fingerprint density at radius 2 is 2.13 bits per heavy atom. The maximum absolute atomic E-state index is 9.66. The summed E-state index contributed by atoms with van der Waals surface area (Å²) >= 11 is 0. The summed E-state index contributed by atoms with van der Waals surface area (Å²) in [4.78, 5) is 0. The normalized spacial score (nSPS) is 23.9. The van der Waals surface area contributed by atoms with Gasteiger partial charge in [0.25, 0.3) is 0 Å². The second kappa shape index (κ2) is 3.53. The van der Waals surface area contributed by atoms with Gasteiger partial charge in [0.1, 0.15) is 5.75 Å². The van der Waals surface area contributed by atoms with E-state index < -0.39 is 0 Å². The summed E-state index contributed by atoms with van der Waals surface area (Å²) < 4.78 is 5.71. The molecule has 1 N–H and O–H groups in total. The minimum atomic E-state index is -0.252. The molecule has 1 atom stereocenters. The lowest BCUT2D eigenvalue weighted by molar-refractivity contribution is 0.180. The standard InChI is InChI=1S/C13H16O2/c14-13-6-3-10-7-11(4-5-12(10)13)15-8-9-1-2-9/h4-5,7,9,13-14H,1-3,6,8H2/t13-/m0/s1. The minimum Gasteiger partial charge on any atom is -0.493 e. The van der Waals surface area contributed by atoms with E-state index in [9.17, 15) is 5.11 Å². The first-order chi connectivity index (χ1) is 7.33. The van der Waals surface area contributed by atoms with E-state index in [4.69, 9.17) is 4.74 Å². The zero-order valence-electron chi connectivity index (χ0n) is 8.78. The van der Waals surface area contributed by atoms with Crippen molar-refractivity contribution < 1.29 is 9.84 Å². The van der Waals surface area contributed by atoms with Crippen molar-refractivity contribution in [3.05, 3.63) is 29.3 Å². The maximum atomic E-state index is 9.66. The third-order valence-electron chi connectivity index (χ3n) is 3.34. The summed E-state index contributed by atoms with van der Waals surface area (Å²) in [5.41, 5.74) is 2.35. The molecule has 0 saturated heterocycles. The topological polar surface area (TPSA) is 29.5 Å². The zero-order valence-corrected chi connectivity index (χ0v) is 8.78. The molecule has 15 heavy (non-hydrogen) atoms. The van der Waals surface area contributed by atoms with Crippen LogP contribution in [0.2, 0.25) is 0 Å². The quantitative estimate of drug-likeness (QED) is 0.819. The number of aliphatic hydroxyl groups is 1. The number of aliphatic hydroxyl groups excluding tert-OH is 1. The van der Waals surface area contributed by atoms with Crippen LogP contribution < -0.4 is 4.74 Å². The van der Waals surface area contributed by atoms with Gasteiger partial charge in [0.05, 0.1) is 12.7 Å². The van der Waals surface area contributed by atoms with Gasteiger partial charge in [0.2, 0.25) is 0 Å². The van der Waals surface area contributed by atoms with Gasteiger partial charge >= 0.3 is 0 Å². The number of rotatable bonds is 3. The Morgan fingerprint density at radius 1 is 1.27 bits per heavy atom. The molecular weight excluding hydrogens is 188 g/mol. The molecule has 2 heteroatoms. The second-order valence-corrected chi connectivity index (χ2v) is 4.67. The van der Waals surface area contributed by atoms with Crippen molar-refractivity contribution in [2.24, 2.45) is 5.92 Å². The lowest BCUT2D eigenvalue weighted by Gasteiger charge is -2.08. The van der Waals surface area contributed by atoms with E-state index in [1.54, 1.807) is 0 Å². The average Bonchev–Trinajstić information content (AvgIpc) is 3.01. The van der Waals surface area contributed by atoms with Crippen LogP contribution in [-0.2, 0) is 6.42 Å². The van der Waals surface area contributed by atoms with E-state index in [0.717, 1.165) is 36.7 Å². The minimum absolute atomic E-state index is 0.252. The third-order valence-corrected chi connectivity index (χ3v) is 3.34. The molecule has 1 fully saturated rings. The average molecular weight is 204 g/mol. The molecule has 1 aromatic rings. The molecule has 2 aliphatic carbocycles. The van der Waals surface area contributed by atoms with E-state index in [2.05, 4.69) is 6.07 Å².